The van der Waals surface area contributed by atoms with E-state index in [0.29, 0.717) is 6.54 Å². The Bertz CT molecular complexity index is 500. The van der Waals surface area contributed by atoms with Gasteiger partial charge >= 0.3 is 0 Å². The van der Waals surface area contributed by atoms with Crippen molar-refractivity contribution in [3.05, 3.63) is 29.8 Å². The van der Waals surface area contributed by atoms with E-state index in [0.717, 1.165) is 18.8 Å². The van der Waals surface area contributed by atoms with Crippen molar-refractivity contribution in [1.29, 1.82) is 0 Å². The van der Waals surface area contributed by atoms with Crippen molar-refractivity contribution in [2.45, 2.75) is 52.2 Å². The molecule has 1 saturated heterocycles. The van der Waals surface area contributed by atoms with Crippen LogP contribution in [-0.4, -0.2) is 30.1 Å². The molecule has 0 bridgehead atoms. The van der Waals surface area contributed by atoms with Crippen LogP contribution in [0, 0.1) is 0 Å². The summed E-state index contributed by atoms with van der Waals surface area (Å²) in [6, 6.07) is 8.49. The highest BCUT2D eigenvalue weighted by Gasteiger charge is 2.37. The quantitative estimate of drug-likeness (QED) is 0.897. The number of anilines is 1. The third-order valence-electron chi connectivity index (χ3n) is 3.92. The van der Waals surface area contributed by atoms with E-state index in [1.165, 1.54) is 5.56 Å². The molecule has 1 aromatic rings. The zero-order chi connectivity index (χ0) is 15.7. The van der Waals surface area contributed by atoms with Crippen LogP contribution in [0.1, 0.15) is 40.2 Å². The van der Waals surface area contributed by atoms with Crippen LogP contribution < -0.4 is 15.5 Å². The first-order valence-electron chi connectivity index (χ1n) is 7.60. The summed E-state index contributed by atoms with van der Waals surface area (Å²) in [5.74, 6) is 0.0900. The average Bonchev–Trinajstić information content (AvgIpc) is 2.39. The molecule has 0 unspecified atom stereocenters. The van der Waals surface area contributed by atoms with E-state index in [1.807, 2.05) is 13.8 Å². The second-order valence-electron chi connectivity index (χ2n) is 7.24. The highest BCUT2D eigenvalue weighted by atomic mass is 16.2. The van der Waals surface area contributed by atoms with Crippen molar-refractivity contribution in [1.82, 2.24) is 10.6 Å². The van der Waals surface area contributed by atoms with Crippen LogP contribution in [0.4, 0.5) is 5.69 Å². The van der Waals surface area contributed by atoms with Gasteiger partial charge < -0.3 is 15.5 Å². The molecule has 1 amide bonds. The zero-order valence-electron chi connectivity index (χ0n) is 13.8. The highest BCUT2D eigenvalue weighted by Crippen LogP contribution is 2.26. The first kappa shape index (κ1) is 15.8. The molecule has 21 heavy (non-hydrogen) atoms. The van der Waals surface area contributed by atoms with Crippen molar-refractivity contribution < 1.29 is 4.79 Å². The summed E-state index contributed by atoms with van der Waals surface area (Å²) in [7, 11) is 0. The number of piperazine rings is 1. The number of hydrogen-bond acceptors (Lipinski definition) is 3. The third-order valence-corrected chi connectivity index (χ3v) is 3.92. The van der Waals surface area contributed by atoms with E-state index in [4.69, 9.17) is 0 Å². The molecule has 0 saturated carbocycles. The van der Waals surface area contributed by atoms with Crippen LogP contribution >= 0.6 is 0 Å². The minimum Gasteiger partial charge on any atom is -0.356 e. The maximum atomic E-state index is 12.0. The number of nitrogens with one attached hydrogen (secondary N) is 2. The third kappa shape index (κ3) is 3.76. The average molecular weight is 289 g/mol. The van der Waals surface area contributed by atoms with E-state index < -0.39 is 5.54 Å². The predicted octanol–water partition coefficient (Wildman–Crippen LogP) is 2.29. The summed E-state index contributed by atoms with van der Waals surface area (Å²) in [5.41, 5.74) is 1.98. The van der Waals surface area contributed by atoms with E-state index in [2.05, 4.69) is 60.6 Å². The largest absolute Gasteiger partial charge is 0.356 e. The van der Waals surface area contributed by atoms with E-state index in [1.54, 1.807) is 0 Å². The van der Waals surface area contributed by atoms with Crippen LogP contribution in [-0.2, 0) is 11.3 Å². The van der Waals surface area contributed by atoms with Crippen LogP contribution in [0.25, 0.3) is 0 Å². The van der Waals surface area contributed by atoms with Gasteiger partial charge in [-0.25, -0.2) is 0 Å². The van der Waals surface area contributed by atoms with E-state index in [-0.39, 0.29) is 11.4 Å². The number of rotatable bonds is 3. The molecule has 1 heterocycles. The highest BCUT2D eigenvalue weighted by molar-refractivity contribution is 5.90. The lowest BCUT2D eigenvalue weighted by Crippen LogP contribution is -2.62. The minimum absolute atomic E-state index is 0.0900. The molecule has 0 aliphatic carbocycles. The lowest BCUT2D eigenvalue weighted by atomic mass is 9.97. The van der Waals surface area contributed by atoms with Gasteiger partial charge in [0.25, 0.3) is 0 Å². The summed E-state index contributed by atoms with van der Waals surface area (Å²) in [5, 5.41) is 6.41. The number of nitrogens with zero attached hydrogens (tertiary/aromatic N) is 1. The smallest absolute Gasteiger partial charge is 0.245 e. The number of amides is 1. The standard InChI is InChI=1S/C17H27N3O/c1-16(2,3)19-12-13-6-8-14(9-7-13)20-11-10-18-15(21)17(20,4)5/h6-9,19H,10-12H2,1-5H3,(H,18,21). The second kappa shape index (κ2) is 5.68. The molecule has 1 aliphatic rings. The maximum Gasteiger partial charge on any atom is 0.245 e. The lowest BCUT2D eigenvalue weighted by Gasteiger charge is -2.42. The lowest BCUT2D eigenvalue weighted by molar-refractivity contribution is -0.126. The molecular formula is C17H27N3O. The van der Waals surface area contributed by atoms with E-state index in [9.17, 15) is 4.79 Å². The predicted molar refractivity (Wildman–Crippen MR) is 87.5 cm³/mol. The molecule has 1 aromatic carbocycles. The van der Waals surface area contributed by atoms with Crippen molar-refractivity contribution >= 4 is 11.6 Å². The fraction of sp³-hybridized carbons (Fsp3) is 0.588. The summed E-state index contributed by atoms with van der Waals surface area (Å²) < 4.78 is 0. The van der Waals surface area contributed by atoms with Crippen molar-refractivity contribution in [3.63, 3.8) is 0 Å². The summed E-state index contributed by atoms with van der Waals surface area (Å²) in [6.45, 7) is 12.8. The summed E-state index contributed by atoms with van der Waals surface area (Å²) in [6.07, 6.45) is 0. The molecule has 4 heteroatoms. The number of carbonyl (C=O) groups is 1. The zero-order valence-corrected chi connectivity index (χ0v) is 13.8. The molecule has 1 aliphatic heterocycles. The van der Waals surface area contributed by atoms with Gasteiger partial charge in [0.15, 0.2) is 0 Å². The molecular weight excluding hydrogens is 262 g/mol. The molecule has 4 nitrogen and oxygen atoms in total. The molecule has 0 atom stereocenters. The molecule has 0 spiro atoms. The monoisotopic (exact) mass is 289 g/mol. The number of benzene rings is 1. The Morgan fingerprint density at radius 1 is 1.24 bits per heavy atom. The molecule has 2 N–H and O–H groups in total. The van der Waals surface area contributed by atoms with E-state index >= 15 is 0 Å². The van der Waals surface area contributed by atoms with Gasteiger partial charge in [0, 0.05) is 30.9 Å². The normalized spacial score (nSPS) is 18.5. The number of carbonyl (C=O) groups excluding carboxylic acids is 1. The fourth-order valence-corrected chi connectivity index (χ4v) is 2.51. The van der Waals surface area contributed by atoms with Crippen LogP contribution in [0.2, 0.25) is 0 Å². The van der Waals surface area contributed by atoms with Gasteiger partial charge in [-0.05, 0) is 52.3 Å². The van der Waals surface area contributed by atoms with Crippen molar-refractivity contribution in [2.24, 2.45) is 0 Å². The maximum absolute atomic E-state index is 12.0. The molecule has 116 valence electrons. The van der Waals surface area contributed by atoms with Crippen molar-refractivity contribution in [3.8, 4) is 0 Å². The topological polar surface area (TPSA) is 44.4 Å². The van der Waals surface area contributed by atoms with Gasteiger partial charge in [0.05, 0.1) is 0 Å². The summed E-state index contributed by atoms with van der Waals surface area (Å²) in [4.78, 5) is 14.2. The number of hydrogen-bond donors (Lipinski definition) is 2. The minimum atomic E-state index is -0.497. The molecule has 1 fully saturated rings. The molecule has 0 aromatic heterocycles. The van der Waals surface area contributed by atoms with Gasteiger partial charge in [-0.15, -0.1) is 0 Å². The SMILES string of the molecule is CC(C)(C)NCc1ccc(N2CCNC(=O)C2(C)C)cc1. The van der Waals surface area contributed by atoms with Gasteiger partial charge in [-0.1, -0.05) is 12.1 Å². The summed E-state index contributed by atoms with van der Waals surface area (Å²) >= 11 is 0. The Hall–Kier alpha value is -1.55. The van der Waals surface area contributed by atoms with Gasteiger partial charge in [-0.3, -0.25) is 4.79 Å². The van der Waals surface area contributed by atoms with Crippen molar-refractivity contribution in [2.75, 3.05) is 18.0 Å². The Morgan fingerprint density at radius 3 is 2.43 bits per heavy atom. The Morgan fingerprint density at radius 2 is 1.86 bits per heavy atom. The van der Waals surface area contributed by atoms with Crippen LogP contribution in [0.5, 0.6) is 0 Å². The van der Waals surface area contributed by atoms with Gasteiger partial charge in [0.1, 0.15) is 5.54 Å². The molecule has 0 radical (unpaired) electrons. The Kier molecular flexibility index (Phi) is 4.28. The van der Waals surface area contributed by atoms with Gasteiger partial charge in [0.2, 0.25) is 5.91 Å². The first-order valence-corrected chi connectivity index (χ1v) is 7.60. The Labute approximate surface area is 127 Å². The second-order valence-corrected chi connectivity index (χ2v) is 7.24. The fourth-order valence-electron chi connectivity index (χ4n) is 2.51. The first-order chi connectivity index (χ1) is 9.70. The van der Waals surface area contributed by atoms with Crippen LogP contribution in [0.3, 0.4) is 0 Å². The van der Waals surface area contributed by atoms with Crippen LogP contribution in [0.15, 0.2) is 24.3 Å². The van der Waals surface area contributed by atoms with Gasteiger partial charge in [-0.2, -0.15) is 0 Å². The molecule has 2 rings (SSSR count). The Balaban J connectivity index is 2.10.